The maximum absolute atomic E-state index is 12.9. The summed E-state index contributed by atoms with van der Waals surface area (Å²) in [6.07, 6.45) is -0.948. The number of anilines is 2. The third-order valence-corrected chi connectivity index (χ3v) is 8.53. The number of rotatable bonds is 7. The minimum atomic E-state index is -5.08. The van der Waals surface area contributed by atoms with Crippen molar-refractivity contribution in [3.63, 3.8) is 0 Å². The van der Waals surface area contributed by atoms with E-state index in [4.69, 9.17) is 31.5 Å². The molecule has 3 N–H and O–H groups in total. The smallest absolute Gasteiger partial charge is 0.475 e. The summed E-state index contributed by atoms with van der Waals surface area (Å²) in [5.41, 5.74) is 2.67. The van der Waals surface area contributed by atoms with Gasteiger partial charge in [0, 0.05) is 42.7 Å². The summed E-state index contributed by atoms with van der Waals surface area (Å²) in [5.74, 6) is -0.747. The van der Waals surface area contributed by atoms with Crippen LogP contribution >= 0.6 is 22.9 Å². The first-order valence-electron chi connectivity index (χ1n) is 13.8. The second kappa shape index (κ2) is 14.2. The Morgan fingerprint density at radius 2 is 1.66 bits per heavy atom. The number of para-hydroxylation sites is 1. The molecule has 0 unspecified atom stereocenters. The van der Waals surface area contributed by atoms with E-state index in [1.165, 1.54) is 11.3 Å². The zero-order valence-electron chi connectivity index (χ0n) is 24.3. The maximum Gasteiger partial charge on any atom is 0.490 e. The third kappa shape index (κ3) is 8.56. The summed E-state index contributed by atoms with van der Waals surface area (Å²) in [5, 5.41) is 16.4. The van der Waals surface area contributed by atoms with Gasteiger partial charge < -0.3 is 20.6 Å². The van der Waals surface area contributed by atoms with Gasteiger partial charge >= 0.3 is 12.1 Å². The fourth-order valence-electron chi connectivity index (χ4n) is 4.80. The fourth-order valence-corrected chi connectivity index (χ4v) is 5.91. The van der Waals surface area contributed by atoms with Crippen molar-refractivity contribution in [1.82, 2.24) is 20.3 Å². The van der Waals surface area contributed by atoms with Crippen LogP contribution in [0, 0.1) is 12.8 Å². The number of amides is 1. The normalized spacial score (nSPS) is 16.5. The van der Waals surface area contributed by atoms with Crippen LogP contribution in [0.15, 0.2) is 48.5 Å². The Hall–Kier alpha value is -3.97. The molecule has 5 rings (SSSR count). The largest absolute Gasteiger partial charge is 0.490 e. The number of hydrogen-bond acceptors (Lipinski definition) is 8. The molecule has 1 saturated carbocycles. The lowest BCUT2D eigenvalue weighted by Crippen LogP contribution is -2.34. The van der Waals surface area contributed by atoms with Gasteiger partial charge in [-0.3, -0.25) is 4.79 Å². The molecule has 2 aromatic carbocycles. The van der Waals surface area contributed by atoms with E-state index in [1.807, 2.05) is 68.4 Å². The molecule has 14 heteroatoms. The minimum Gasteiger partial charge on any atom is -0.475 e. The van der Waals surface area contributed by atoms with E-state index in [0.717, 1.165) is 58.7 Å². The first kappa shape index (κ1) is 32.9. The molecule has 1 fully saturated rings. The molecule has 0 radical (unpaired) electrons. The number of carbonyl (C=O) groups excluding carboxylic acids is 1. The fraction of sp³-hybridized carbons (Fsp3) is 0.367. The van der Waals surface area contributed by atoms with Gasteiger partial charge in [-0.15, -0.1) is 11.3 Å². The van der Waals surface area contributed by atoms with Gasteiger partial charge in [-0.05, 0) is 62.8 Å². The summed E-state index contributed by atoms with van der Waals surface area (Å²) in [6, 6.07) is 16.0. The molecule has 2 aromatic heterocycles. The van der Waals surface area contributed by atoms with Crippen LogP contribution in [-0.4, -0.2) is 64.8 Å². The topological polar surface area (TPSA) is 120 Å². The van der Waals surface area contributed by atoms with Gasteiger partial charge in [-0.25, -0.2) is 14.8 Å². The standard InChI is InChI=1S/C28H31ClN6OS.C2HF3O2/c1-17-24(37-27(31-17)19-10-12-20(29)13-11-19)26(36)30-16-18-8-14-21(15-9-18)32-28-33-23-7-5-4-6-22(23)25(34-28)35(2)3;3-2(4,5)1(6)7/h4-7,10-13,18,21H,8-9,14-16H2,1-3H3,(H,30,36)(H,32,33,34);(H,6,7). The van der Waals surface area contributed by atoms with E-state index >= 15 is 0 Å². The maximum atomic E-state index is 12.9. The number of nitrogens with one attached hydrogen (secondary N) is 2. The molecule has 0 aliphatic heterocycles. The van der Waals surface area contributed by atoms with E-state index in [0.29, 0.717) is 34.4 Å². The van der Waals surface area contributed by atoms with Gasteiger partial charge in [0.25, 0.3) is 5.91 Å². The lowest BCUT2D eigenvalue weighted by molar-refractivity contribution is -0.192. The van der Waals surface area contributed by atoms with Gasteiger partial charge in [0.2, 0.25) is 5.95 Å². The number of hydrogen-bond donors (Lipinski definition) is 3. The van der Waals surface area contributed by atoms with E-state index in [9.17, 15) is 18.0 Å². The Labute approximate surface area is 261 Å². The molecule has 1 aliphatic rings. The quantitative estimate of drug-likeness (QED) is 0.200. The first-order chi connectivity index (χ1) is 20.8. The predicted molar refractivity (Wildman–Crippen MR) is 167 cm³/mol. The molecule has 44 heavy (non-hydrogen) atoms. The molecule has 0 atom stereocenters. The third-order valence-electron chi connectivity index (χ3n) is 7.07. The number of halogens is 4. The second-order valence-corrected chi connectivity index (χ2v) is 12.0. The van der Waals surface area contributed by atoms with Gasteiger partial charge in [0.05, 0.1) is 11.2 Å². The summed E-state index contributed by atoms with van der Waals surface area (Å²) in [7, 11) is 4.01. The molecular weight excluding hydrogens is 617 g/mol. The Kier molecular flexibility index (Phi) is 10.6. The number of benzene rings is 2. The Morgan fingerprint density at radius 3 is 2.27 bits per heavy atom. The number of carboxylic acid groups (broad SMARTS) is 1. The number of carboxylic acids is 1. The van der Waals surface area contributed by atoms with Crippen LogP contribution in [0.4, 0.5) is 24.9 Å². The highest BCUT2D eigenvalue weighted by Gasteiger charge is 2.38. The molecule has 1 aliphatic carbocycles. The summed E-state index contributed by atoms with van der Waals surface area (Å²) < 4.78 is 31.7. The molecule has 4 aromatic rings. The first-order valence-corrected chi connectivity index (χ1v) is 15.0. The van der Waals surface area contributed by atoms with Crippen LogP contribution in [0.5, 0.6) is 0 Å². The van der Waals surface area contributed by atoms with E-state index < -0.39 is 12.1 Å². The van der Waals surface area contributed by atoms with Gasteiger partial charge in [-0.2, -0.15) is 18.2 Å². The highest BCUT2D eigenvalue weighted by molar-refractivity contribution is 7.17. The van der Waals surface area contributed by atoms with E-state index in [2.05, 4.69) is 21.7 Å². The lowest BCUT2D eigenvalue weighted by atomic mass is 9.86. The van der Waals surface area contributed by atoms with Crippen molar-refractivity contribution in [3.8, 4) is 10.6 Å². The number of aliphatic carboxylic acids is 1. The highest BCUT2D eigenvalue weighted by atomic mass is 35.5. The summed E-state index contributed by atoms with van der Waals surface area (Å²) in [6.45, 7) is 2.56. The zero-order valence-corrected chi connectivity index (χ0v) is 25.9. The van der Waals surface area contributed by atoms with Crippen LogP contribution in [0.2, 0.25) is 5.02 Å². The number of fused-ring (bicyclic) bond motifs is 1. The van der Waals surface area contributed by atoms with Crippen LogP contribution in [0.25, 0.3) is 21.5 Å². The summed E-state index contributed by atoms with van der Waals surface area (Å²) in [4.78, 5) is 38.6. The highest BCUT2D eigenvalue weighted by Crippen LogP contribution is 2.30. The van der Waals surface area contributed by atoms with Crippen LogP contribution < -0.4 is 15.5 Å². The molecule has 9 nitrogen and oxygen atoms in total. The van der Waals surface area contributed by atoms with E-state index in [1.54, 1.807) is 0 Å². The Bertz CT molecular complexity index is 1610. The van der Waals surface area contributed by atoms with Gasteiger partial charge in [-0.1, -0.05) is 35.9 Å². The minimum absolute atomic E-state index is 0.0451. The molecule has 0 spiro atoms. The lowest BCUT2D eigenvalue weighted by Gasteiger charge is -2.29. The molecule has 2 heterocycles. The van der Waals surface area contributed by atoms with Gasteiger partial charge in [0.1, 0.15) is 15.7 Å². The number of aryl methyl sites for hydroxylation is 1. The molecule has 1 amide bonds. The van der Waals surface area contributed by atoms with Crippen molar-refractivity contribution in [3.05, 3.63) is 64.1 Å². The van der Waals surface area contributed by atoms with Crippen molar-refractivity contribution in [2.45, 2.75) is 44.8 Å². The number of alkyl halides is 3. The second-order valence-electron chi connectivity index (χ2n) is 10.6. The van der Waals surface area contributed by atoms with Crippen LogP contribution in [-0.2, 0) is 4.79 Å². The number of carbonyl (C=O) groups is 2. The molecule has 234 valence electrons. The van der Waals surface area contributed by atoms with Crippen molar-refractivity contribution in [1.29, 1.82) is 0 Å². The SMILES string of the molecule is Cc1nc(-c2ccc(Cl)cc2)sc1C(=O)NCC1CCC(Nc2nc(N(C)C)c3ccccc3n2)CC1.O=C(O)C(F)(F)F. The number of thiazole rings is 1. The molecule has 0 saturated heterocycles. The van der Waals surface area contributed by atoms with Crippen molar-refractivity contribution in [2.24, 2.45) is 5.92 Å². The molecule has 0 bridgehead atoms. The zero-order chi connectivity index (χ0) is 32.0. The number of aromatic nitrogens is 3. The number of nitrogens with zero attached hydrogens (tertiary/aromatic N) is 4. The van der Waals surface area contributed by atoms with Crippen molar-refractivity contribution in [2.75, 3.05) is 30.9 Å². The van der Waals surface area contributed by atoms with Crippen LogP contribution in [0.3, 0.4) is 0 Å². The summed E-state index contributed by atoms with van der Waals surface area (Å²) >= 11 is 7.42. The average Bonchev–Trinajstić information content (AvgIpc) is 3.38. The van der Waals surface area contributed by atoms with Crippen LogP contribution in [0.1, 0.15) is 41.0 Å². The molecular formula is C30H32ClF3N6O3S. The average molecular weight is 649 g/mol. The van der Waals surface area contributed by atoms with Crippen molar-refractivity contribution < 1.29 is 27.9 Å². The predicted octanol–water partition coefficient (Wildman–Crippen LogP) is 6.82. The Balaban J connectivity index is 0.000000566. The Morgan fingerprint density at radius 1 is 1.02 bits per heavy atom. The van der Waals surface area contributed by atoms with E-state index in [-0.39, 0.29) is 5.91 Å². The monoisotopic (exact) mass is 648 g/mol. The van der Waals surface area contributed by atoms with Crippen molar-refractivity contribution >= 4 is 57.5 Å². The van der Waals surface area contributed by atoms with Gasteiger partial charge in [0.15, 0.2) is 0 Å².